The van der Waals surface area contributed by atoms with Crippen molar-refractivity contribution < 1.29 is 9.59 Å². The molecule has 5 nitrogen and oxygen atoms in total. The summed E-state index contributed by atoms with van der Waals surface area (Å²) in [7, 11) is 3.87. The fourth-order valence-electron chi connectivity index (χ4n) is 3.95. The number of hydrogen-bond donors (Lipinski definition) is 0. The van der Waals surface area contributed by atoms with Crippen molar-refractivity contribution in [3.8, 4) is 0 Å². The third kappa shape index (κ3) is 3.62. The fourth-order valence-corrected chi connectivity index (χ4v) is 4.08. The highest BCUT2D eigenvalue weighted by Gasteiger charge is 2.42. The standard InChI is InChI=1S/C23H24ClN3O2/c1-25(2)18-7-6-8-19(15-18)27-22(28)20(16-9-11-17(24)12-10-16)21(23(27)29)26-13-4-3-5-14-26/h6-12,15H,3-5,13-14H2,1-2H3. The number of halogens is 1. The van der Waals surface area contributed by atoms with E-state index in [-0.39, 0.29) is 11.8 Å². The maximum atomic E-state index is 13.5. The number of benzene rings is 2. The molecule has 4 rings (SSSR count). The normalized spacial score (nSPS) is 17.3. The van der Waals surface area contributed by atoms with Gasteiger partial charge in [-0.1, -0.05) is 29.8 Å². The zero-order chi connectivity index (χ0) is 20.5. The van der Waals surface area contributed by atoms with Gasteiger partial charge in [-0.3, -0.25) is 9.59 Å². The van der Waals surface area contributed by atoms with Gasteiger partial charge in [0.1, 0.15) is 5.70 Å². The summed E-state index contributed by atoms with van der Waals surface area (Å²) in [6, 6.07) is 14.6. The average Bonchev–Trinajstić information content (AvgIpc) is 2.99. The number of imide groups is 1. The summed E-state index contributed by atoms with van der Waals surface area (Å²) in [6.45, 7) is 1.58. The van der Waals surface area contributed by atoms with E-state index in [0.717, 1.165) is 43.6 Å². The third-order valence-electron chi connectivity index (χ3n) is 5.47. The highest BCUT2D eigenvalue weighted by Crippen LogP contribution is 2.37. The quantitative estimate of drug-likeness (QED) is 0.710. The van der Waals surface area contributed by atoms with Gasteiger partial charge in [-0.2, -0.15) is 0 Å². The Morgan fingerprint density at radius 3 is 2.24 bits per heavy atom. The van der Waals surface area contributed by atoms with Gasteiger partial charge >= 0.3 is 0 Å². The summed E-state index contributed by atoms with van der Waals surface area (Å²) in [6.07, 6.45) is 3.20. The van der Waals surface area contributed by atoms with Crippen LogP contribution in [0.1, 0.15) is 24.8 Å². The number of likely N-dealkylation sites (tertiary alicyclic amines) is 1. The van der Waals surface area contributed by atoms with Crippen LogP contribution in [0, 0.1) is 0 Å². The molecule has 150 valence electrons. The summed E-state index contributed by atoms with van der Waals surface area (Å²) in [5.74, 6) is -0.536. The van der Waals surface area contributed by atoms with Gasteiger partial charge in [0, 0.05) is 37.9 Å². The summed E-state index contributed by atoms with van der Waals surface area (Å²) in [4.78, 5) is 32.4. The molecule has 0 aromatic heterocycles. The van der Waals surface area contributed by atoms with E-state index >= 15 is 0 Å². The predicted octanol–water partition coefficient (Wildman–Crippen LogP) is 4.18. The van der Waals surface area contributed by atoms with Gasteiger partial charge in [0.05, 0.1) is 11.3 Å². The molecule has 2 aliphatic rings. The number of anilines is 2. The number of piperidine rings is 1. The molecule has 2 heterocycles. The lowest BCUT2D eigenvalue weighted by molar-refractivity contribution is -0.120. The molecule has 0 atom stereocenters. The number of rotatable bonds is 4. The summed E-state index contributed by atoms with van der Waals surface area (Å²) in [5.41, 5.74) is 3.21. The first kappa shape index (κ1) is 19.5. The Morgan fingerprint density at radius 2 is 1.59 bits per heavy atom. The molecular weight excluding hydrogens is 386 g/mol. The molecule has 2 aromatic carbocycles. The zero-order valence-electron chi connectivity index (χ0n) is 16.7. The molecule has 0 unspecified atom stereocenters. The van der Waals surface area contributed by atoms with Gasteiger partial charge in [0.15, 0.2) is 0 Å². The topological polar surface area (TPSA) is 43.9 Å². The van der Waals surface area contributed by atoms with Crippen molar-refractivity contribution in [2.45, 2.75) is 19.3 Å². The minimum absolute atomic E-state index is 0.252. The number of amides is 2. The van der Waals surface area contributed by atoms with E-state index in [1.165, 1.54) is 4.90 Å². The van der Waals surface area contributed by atoms with Gasteiger partial charge in [0.25, 0.3) is 11.8 Å². The van der Waals surface area contributed by atoms with Crippen LogP contribution < -0.4 is 9.80 Å². The van der Waals surface area contributed by atoms with Crippen molar-refractivity contribution in [3.05, 3.63) is 64.8 Å². The molecule has 2 aromatic rings. The maximum Gasteiger partial charge on any atom is 0.282 e. The third-order valence-corrected chi connectivity index (χ3v) is 5.72. The van der Waals surface area contributed by atoms with Gasteiger partial charge in [-0.15, -0.1) is 0 Å². The van der Waals surface area contributed by atoms with Crippen LogP contribution in [0.3, 0.4) is 0 Å². The Balaban J connectivity index is 1.81. The first-order valence-electron chi connectivity index (χ1n) is 9.88. The molecule has 1 fully saturated rings. The molecule has 2 aliphatic heterocycles. The molecule has 0 spiro atoms. The Hall–Kier alpha value is -2.79. The lowest BCUT2D eigenvalue weighted by Crippen LogP contribution is -2.37. The molecule has 0 radical (unpaired) electrons. The van der Waals surface area contributed by atoms with E-state index in [4.69, 9.17) is 11.6 Å². The van der Waals surface area contributed by atoms with Gasteiger partial charge in [0.2, 0.25) is 0 Å². The van der Waals surface area contributed by atoms with E-state index in [1.807, 2.05) is 49.3 Å². The predicted molar refractivity (Wildman–Crippen MR) is 117 cm³/mol. The van der Waals surface area contributed by atoms with Crippen molar-refractivity contribution in [3.63, 3.8) is 0 Å². The molecule has 2 amide bonds. The van der Waals surface area contributed by atoms with Crippen molar-refractivity contribution >= 4 is 40.4 Å². The lowest BCUT2D eigenvalue weighted by Gasteiger charge is -2.29. The number of carbonyl (C=O) groups is 2. The maximum absolute atomic E-state index is 13.5. The molecule has 0 aliphatic carbocycles. The van der Waals surface area contributed by atoms with E-state index in [2.05, 4.69) is 4.90 Å². The second-order valence-corrected chi connectivity index (χ2v) is 8.07. The first-order chi connectivity index (χ1) is 14.0. The Kier molecular flexibility index (Phi) is 5.33. The van der Waals surface area contributed by atoms with Crippen LogP contribution in [-0.4, -0.2) is 43.9 Å². The van der Waals surface area contributed by atoms with E-state index in [1.54, 1.807) is 18.2 Å². The molecule has 0 saturated carbocycles. The number of hydrogen-bond acceptors (Lipinski definition) is 4. The molecule has 1 saturated heterocycles. The van der Waals surface area contributed by atoms with Crippen molar-refractivity contribution in [2.24, 2.45) is 0 Å². The highest BCUT2D eigenvalue weighted by molar-refractivity contribution is 6.45. The zero-order valence-corrected chi connectivity index (χ0v) is 17.4. The van der Waals surface area contributed by atoms with Crippen LogP contribution in [-0.2, 0) is 9.59 Å². The minimum atomic E-state index is -0.284. The number of carbonyl (C=O) groups excluding carboxylic acids is 2. The minimum Gasteiger partial charge on any atom is -0.378 e. The summed E-state index contributed by atoms with van der Waals surface area (Å²) < 4.78 is 0. The van der Waals surface area contributed by atoms with E-state index < -0.39 is 0 Å². The monoisotopic (exact) mass is 409 g/mol. The molecule has 0 bridgehead atoms. The smallest absolute Gasteiger partial charge is 0.282 e. The second kappa shape index (κ2) is 7.91. The van der Waals surface area contributed by atoms with Crippen LogP contribution >= 0.6 is 11.6 Å². The first-order valence-corrected chi connectivity index (χ1v) is 10.3. The van der Waals surface area contributed by atoms with Crippen molar-refractivity contribution in [2.75, 3.05) is 37.0 Å². The summed E-state index contributed by atoms with van der Waals surface area (Å²) in [5, 5.41) is 0.598. The Morgan fingerprint density at radius 1 is 0.897 bits per heavy atom. The van der Waals surface area contributed by atoms with Crippen molar-refractivity contribution in [1.82, 2.24) is 4.90 Å². The molecule has 0 N–H and O–H groups in total. The van der Waals surface area contributed by atoms with Gasteiger partial charge in [-0.25, -0.2) is 4.90 Å². The summed E-state index contributed by atoms with van der Waals surface area (Å²) >= 11 is 6.05. The SMILES string of the molecule is CN(C)c1cccc(N2C(=O)C(c3ccc(Cl)cc3)=C(N3CCCCC3)C2=O)c1. The fraction of sp³-hybridized carbons (Fsp3) is 0.304. The van der Waals surface area contributed by atoms with Gasteiger partial charge < -0.3 is 9.80 Å². The van der Waals surface area contributed by atoms with Crippen LogP contribution in [0.2, 0.25) is 5.02 Å². The van der Waals surface area contributed by atoms with Crippen LogP contribution in [0.25, 0.3) is 5.57 Å². The van der Waals surface area contributed by atoms with Crippen LogP contribution in [0.15, 0.2) is 54.2 Å². The Labute approximate surface area is 176 Å². The largest absolute Gasteiger partial charge is 0.378 e. The second-order valence-electron chi connectivity index (χ2n) is 7.64. The molecule has 29 heavy (non-hydrogen) atoms. The van der Waals surface area contributed by atoms with Crippen LogP contribution in [0.4, 0.5) is 11.4 Å². The van der Waals surface area contributed by atoms with Gasteiger partial charge in [-0.05, 0) is 55.2 Å². The molecule has 6 heteroatoms. The average molecular weight is 410 g/mol. The number of nitrogens with zero attached hydrogens (tertiary/aromatic N) is 3. The van der Waals surface area contributed by atoms with E-state index in [9.17, 15) is 9.59 Å². The van der Waals surface area contributed by atoms with Crippen LogP contribution in [0.5, 0.6) is 0 Å². The highest BCUT2D eigenvalue weighted by atomic mass is 35.5. The molecular formula is C23H24ClN3O2. The lowest BCUT2D eigenvalue weighted by atomic mass is 10.0. The van der Waals surface area contributed by atoms with E-state index in [0.29, 0.717) is 22.0 Å². The van der Waals surface area contributed by atoms with Crippen molar-refractivity contribution in [1.29, 1.82) is 0 Å². The Bertz CT molecular complexity index is 976.